The monoisotopic (exact) mass is 346 g/mol. The number of hydrogen-bond donors (Lipinski definition) is 2. The topological polar surface area (TPSA) is 47.6 Å². The summed E-state index contributed by atoms with van der Waals surface area (Å²) < 4.78 is 0. The van der Waals surface area contributed by atoms with Crippen LogP contribution in [-0.2, 0) is 0 Å². The maximum atomic E-state index is 11.8. The van der Waals surface area contributed by atoms with E-state index in [-0.39, 0.29) is 11.4 Å². The van der Waals surface area contributed by atoms with Crippen LogP contribution in [0.4, 0.5) is 4.79 Å². The Kier molecular flexibility index (Phi) is 7.26. The van der Waals surface area contributed by atoms with Crippen LogP contribution in [-0.4, -0.2) is 62.1 Å². The summed E-state index contributed by atoms with van der Waals surface area (Å²) in [7, 11) is 2.19. The molecule has 1 aromatic rings. The van der Waals surface area contributed by atoms with E-state index in [0.717, 1.165) is 32.6 Å². The molecule has 1 atom stereocenters. The summed E-state index contributed by atoms with van der Waals surface area (Å²) in [6.07, 6.45) is 0.968. The molecule has 25 heavy (non-hydrogen) atoms. The highest BCUT2D eigenvalue weighted by molar-refractivity contribution is 5.73. The highest BCUT2D eigenvalue weighted by Gasteiger charge is 2.25. The Labute approximate surface area is 152 Å². The SMILES string of the molecule is CN1CCN(CCCNC(=O)NCC(C)(C)C)C(c2ccccc2)C1. The van der Waals surface area contributed by atoms with E-state index in [1.165, 1.54) is 5.56 Å². The molecule has 0 saturated carbocycles. The third kappa shape index (κ3) is 7.04. The van der Waals surface area contributed by atoms with Gasteiger partial charge in [-0.05, 0) is 24.4 Å². The Hall–Kier alpha value is -1.59. The number of benzene rings is 1. The van der Waals surface area contributed by atoms with E-state index in [1.807, 2.05) is 0 Å². The van der Waals surface area contributed by atoms with E-state index >= 15 is 0 Å². The second kappa shape index (κ2) is 9.20. The van der Waals surface area contributed by atoms with Crippen molar-refractivity contribution in [2.75, 3.05) is 46.3 Å². The zero-order chi connectivity index (χ0) is 18.3. The average Bonchev–Trinajstić information content (AvgIpc) is 2.58. The largest absolute Gasteiger partial charge is 0.338 e. The summed E-state index contributed by atoms with van der Waals surface area (Å²) in [5.74, 6) is 0. The second-order valence-corrected chi connectivity index (χ2v) is 8.25. The first-order chi connectivity index (χ1) is 11.8. The first-order valence-corrected chi connectivity index (χ1v) is 9.34. The van der Waals surface area contributed by atoms with Gasteiger partial charge < -0.3 is 15.5 Å². The summed E-state index contributed by atoms with van der Waals surface area (Å²) in [5, 5.41) is 5.90. The quantitative estimate of drug-likeness (QED) is 0.779. The van der Waals surface area contributed by atoms with Crippen LogP contribution in [0.15, 0.2) is 30.3 Å². The van der Waals surface area contributed by atoms with E-state index in [4.69, 9.17) is 0 Å². The lowest BCUT2D eigenvalue weighted by Gasteiger charge is -2.40. The van der Waals surface area contributed by atoms with Gasteiger partial charge in [-0.15, -0.1) is 0 Å². The highest BCUT2D eigenvalue weighted by atomic mass is 16.2. The van der Waals surface area contributed by atoms with E-state index in [9.17, 15) is 4.79 Å². The number of amides is 2. The van der Waals surface area contributed by atoms with Crippen LogP contribution in [0.2, 0.25) is 0 Å². The third-order valence-corrected chi connectivity index (χ3v) is 4.57. The molecule has 0 spiro atoms. The predicted molar refractivity (Wildman–Crippen MR) is 104 cm³/mol. The van der Waals surface area contributed by atoms with E-state index in [1.54, 1.807) is 0 Å². The molecule has 0 bridgehead atoms. The fourth-order valence-corrected chi connectivity index (χ4v) is 3.11. The molecular weight excluding hydrogens is 312 g/mol. The number of hydrogen-bond acceptors (Lipinski definition) is 3. The van der Waals surface area contributed by atoms with Crippen molar-refractivity contribution >= 4 is 6.03 Å². The van der Waals surface area contributed by atoms with Crippen molar-refractivity contribution in [3.05, 3.63) is 35.9 Å². The Morgan fingerprint density at radius 2 is 1.88 bits per heavy atom. The summed E-state index contributed by atoms with van der Waals surface area (Å²) in [6, 6.07) is 11.1. The molecular formula is C20H34N4O. The molecule has 0 aromatic heterocycles. The maximum Gasteiger partial charge on any atom is 0.314 e. The molecule has 2 rings (SSSR count). The standard InChI is InChI=1S/C20H34N4O/c1-20(2,3)16-22-19(25)21-11-8-12-24-14-13-23(4)15-18(24)17-9-6-5-7-10-17/h5-7,9-10,18H,8,11-16H2,1-4H3,(H2,21,22,25). The van der Waals surface area contributed by atoms with Gasteiger partial charge in [-0.25, -0.2) is 4.79 Å². The van der Waals surface area contributed by atoms with Gasteiger partial charge in [0, 0.05) is 45.3 Å². The summed E-state index contributed by atoms with van der Waals surface area (Å²) in [6.45, 7) is 12.0. The first-order valence-electron chi connectivity index (χ1n) is 9.34. The molecule has 1 heterocycles. The lowest BCUT2D eigenvalue weighted by molar-refractivity contribution is 0.0889. The Bertz CT molecular complexity index is 526. The first kappa shape index (κ1) is 19.7. The van der Waals surface area contributed by atoms with Gasteiger partial charge in [0.2, 0.25) is 0 Å². The van der Waals surface area contributed by atoms with Gasteiger partial charge in [0.15, 0.2) is 0 Å². The van der Waals surface area contributed by atoms with Crippen LogP contribution in [0.3, 0.4) is 0 Å². The van der Waals surface area contributed by atoms with Crippen molar-refractivity contribution in [3.63, 3.8) is 0 Å². The average molecular weight is 347 g/mol. The number of rotatable bonds is 6. The molecule has 1 aromatic carbocycles. The van der Waals surface area contributed by atoms with Crippen molar-refractivity contribution in [2.45, 2.75) is 33.2 Å². The minimum atomic E-state index is -0.0621. The van der Waals surface area contributed by atoms with Gasteiger partial charge in [0.05, 0.1) is 0 Å². The molecule has 1 unspecified atom stereocenters. The van der Waals surface area contributed by atoms with Crippen molar-refractivity contribution in [1.29, 1.82) is 0 Å². The molecule has 2 amide bonds. The predicted octanol–water partition coefficient (Wildman–Crippen LogP) is 2.71. The molecule has 2 N–H and O–H groups in total. The smallest absolute Gasteiger partial charge is 0.314 e. The van der Waals surface area contributed by atoms with Crippen molar-refractivity contribution in [2.24, 2.45) is 5.41 Å². The molecule has 5 heteroatoms. The Morgan fingerprint density at radius 1 is 1.16 bits per heavy atom. The molecule has 5 nitrogen and oxygen atoms in total. The zero-order valence-electron chi connectivity index (χ0n) is 16.2. The lowest BCUT2D eigenvalue weighted by Crippen LogP contribution is -2.47. The van der Waals surface area contributed by atoms with Crippen molar-refractivity contribution in [1.82, 2.24) is 20.4 Å². The minimum absolute atomic E-state index is 0.0621. The van der Waals surface area contributed by atoms with Crippen LogP contribution in [0.25, 0.3) is 0 Å². The van der Waals surface area contributed by atoms with Gasteiger partial charge in [-0.3, -0.25) is 4.90 Å². The summed E-state index contributed by atoms with van der Waals surface area (Å²) >= 11 is 0. The second-order valence-electron chi connectivity index (χ2n) is 8.25. The van der Waals surface area contributed by atoms with E-state index in [2.05, 4.69) is 78.6 Å². The van der Waals surface area contributed by atoms with Gasteiger partial charge >= 0.3 is 6.03 Å². The molecule has 1 fully saturated rings. The van der Waals surface area contributed by atoms with Crippen LogP contribution in [0.1, 0.15) is 38.8 Å². The van der Waals surface area contributed by atoms with Crippen molar-refractivity contribution in [3.8, 4) is 0 Å². The molecule has 140 valence electrons. The number of urea groups is 1. The number of likely N-dealkylation sites (N-methyl/N-ethyl adjacent to an activating group) is 1. The summed E-state index contributed by atoms with van der Waals surface area (Å²) in [5.41, 5.74) is 1.49. The molecule has 1 saturated heterocycles. The zero-order valence-corrected chi connectivity index (χ0v) is 16.2. The van der Waals surface area contributed by atoms with E-state index < -0.39 is 0 Å². The fourth-order valence-electron chi connectivity index (χ4n) is 3.11. The van der Waals surface area contributed by atoms with Gasteiger partial charge in [0.1, 0.15) is 0 Å². The van der Waals surface area contributed by atoms with Crippen LogP contribution < -0.4 is 10.6 Å². The van der Waals surface area contributed by atoms with Crippen LogP contribution in [0.5, 0.6) is 0 Å². The van der Waals surface area contributed by atoms with Crippen LogP contribution in [0, 0.1) is 5.41 Å². The molecule has 1 aliphatic heterocycles. The third-order valence-electron chi connectivity index (χ3n) is 4.57. The Balaban J connectivity index is 1.76. The summed E-state index contributed by atoms with van der Waals surface area (Å²) in [4.78, 5) is 16.8. The number of nitrogens with one attached hydrogen (secondary N) is 2. The number of carbonyl (C=O) groups is 1. The van der Waals surface area contributed by atoms with Gasteiger partial charge in [0.25, 0.3) is 0 Å². The molecule has 1 aliphatic rings. The molecule has 0 aliphatic carbocycles. The van der Waals surface area contributed by atoms with E-state index in [0.29, 0.717) is 19.1 Å². The number of carbonyl (C=O) groups excluding carboxylic acids is 1. The van der Waals surface area contributed by atoms with Crippen molar-refractivity contribution < 1.29 is 4.79 Å². The maximum absolute atomic E-state index is 11.8. The molecule has 0 radical (unpaired) electrons. The lowest BCUT2D eigenvalue weighted by atomic mass is 9.97. The normalized spacial score (nSPS) is 19.6. The number of piperazine rings is 1. The van der Waals surface area contributed by atoms with Gasteiger partial charge in [-0.2, -0.15) is 0 Å². The highest BCUT2D eigenvalue weighted by Crippen LogP contribution is 2.24. The van der Waals surface area contributed by atoms with Crippen LogP contribution >= 0.6 is 0 Å². The number of nitrogens with zero attached hydrogens (tertiary/aromatic N) is 2. The van der Waals surface area contributed by atoms with Gasteiger partial charge in [-0.1, -0.05) is 51.1 Å². The minimum Gasteiger partial charge on any atom is -0.338 e. The Morgan fingerprint density at radius 3 is 2.56 bits per heavy atom. The fraction of sp³-hybridized carbons (Fsp3) is 0.650.